The van der Waals surface area contributed by atoms with E-state index in [1.165, 1.54) is 11.8 Å². The van der Waals surface area contributed by atoms with Gasteiger partial charge >= 0.3 is 0 Å². The largest absolute Gasteiger partial charge is 0.492 e. The summed E-state index contributed by atoms with van der Waals surface area (Å²) < 4.78 is -0.176. The molecule has 2 aromatic carbocycles. The van der Waals surface area contributed by atoms with Crippen LogP contribution in [0.5, 0.6) is 5.88 Å². The van der Waals surface area contributed by atoms with E-state index in [1.807, 2.05) is 54.6 Å². The molecule has 3 aromatic rings. The van der Waals surface area contributed by atoms with Crippen LogP contribution in [-0.4, -0.2) is 10.1 Å². The van der Waals surface area contributed by atoms with Crippen LogP contribution in [0.4, 0.5) is 0 Å². The predicted octanol–water partition coefficient (Wildman–Crippen LogP) is 5.15. The zero-order chi connectivity index (χ0) is 17.1. The first kappa shape index (κ1) is 16.7. The molecule has 0 spiro atoms. The highest BCUT2D eigenvalue weighted by Gasteiger charge is 2.16. The fraction of sp³-hybridized carbons (Fsp3) is 0.158. The Labute approximate surface area is 149 Å². The smallest absolute Gasteiger partial charge is 0.253 e. The summed E-state index contributed by atoms with van der Waals surface area (Å²) in [6, 6.07) is 17.3. The average molecular weight is 355 g/mol. The molecule has 0 aliphatic carbocycles. The average Bonchev–Trinajstić information content (AvgIpc) is 2.59. The van der Waals surface area contributed by atoms with Crippen LogP contribution in [0.2, 0.25) is 0 Å². The Morgan fingerprint density at radius 3 is 2.38 bits per heavy atom. The van der Waals surface area contributed by atoms with Crippen molar-refractivity contribution in [1.29, 1.82) is 0 Å². The summed E-state index contributed by atoms with van der Waals surface area (Å²) in [5.41, 5.74) is 1.98. The maximum absolute atomic E-state index is 12.5. The lowest BCUT2D eigenvalue weighted by molar-refractivity contribution is 0.441. The predicted molar refractivity (Wildman–Crippen MR) is 100 cm³/mol. The van der Waals surface area contributed by atoms with Crippen molar-refractivity contribution in [2.45, 2.75) is 29.6 Å². The van der Waals surface area contributed by atoms with Crippen molar-refractivity contribution >= 4 is 23.1 Å². The van der Waals surface area contributed by atoms with E-state index in [0.717, 1.165) is 27.4 Å². The van der Waals surface area contributed by atoms with Gasteiger partial charge in [0.25, 0.3) is 4.74 Å². The van der Waals surface area contributed by atoms with Gasteiger partial charge in [-0.1, -0.05) is 85.5 Å². The van der Waals surface area contributed by atoms with Gasteiger partial charge in [-0.05, 0) is 17.5 Å². The third-order valence-corrected chi connectivity index (χ3v) is 5.76. The van der Waals surface area contributed by atoms with E-state index in [2.05, 4.69) is 18.8 Å². The number of benzene rings is 2. The highest BCUT2D eigenvalue weighted by molar-refractivity contribution is 7.99. The molecule has 0 aliphatic heterocycles. The molecule has 3 rings (SSSR count). The van der Waals surface area contributed by atoms with E-state index < -0.39 is 0 Å². The van der Waals surface area contributed by atoms with Crippen LogP contribution in [0, 0.1) is 0 Å². The Kier molecular flexibility index (Phi) is 5.02. The van der Waals surface area contributed by atoms with Crippen molar-refractivity contribution in [3.8, 4) is 16.5 Å². The first-order valence-corrected chi connectivity index (χ1v) is 9.26. The minimum absolute atomic E-state index is 0.176. The molecule has 1 N–H and O–H groups in total. The molecule has 122 valence electrons. The lowest BCUT2D eigenvalue weighted by Crippen LogP contribution is -2.02. The van der Waals surface area contributed by atoms with Gasteiger partial charge in [0.15, 0.2) is 0 Å². The lowest BCUT2D eigenvalue weighted by Gasteiger charge is -2.12. The fourth-order valence-corrected chi connectivity index (χ4v) is 4.35. The maximum atomic E-state index is 12.5. The summed E-state index contributed by atoms with van der Waals surface area (Å²) in [5, 5.41) is 10.8. The molecule has 0 atom stereocenters. The van der Waals surface area contributed by atoms with E-state index in [-0.39, 0.29) is 15.5 Å². The van der Waals surface area contributed by atoms with Gasteiger partial charge in [-0.3, -0.25) is 4.79 Å². The minimum atomic E-state index is -0.207. The number of hydrogen-bond acceptors (Lipinski definition) is 5. The molecule has 5 heteroatoms. The topological polar surface area (TPSA) is 50.2 Å². The molecule has 3 nitrogen and oxygen atoms in total. The normalized spacial score (nSPS) is 11.0. The van der Waals surface area contributed by atoms with Crippen molar-refractivity contribution in [2.24, 2.45) is 0 Å². The number of aromatic hydroxyl groups is 1. The highest BCUT2D eigenvalue weighted by Crippen LogP contribution is 2.37. The van der Waals surface area contributed by atoms with Gasteiger partial charge in [0, 0.05) is 10.5 Å². The van der Waals surface area contributed by atoms with E-state index in [1.54, 1.807) is 0 Å². The number of aromatic nitrogens is 1. The number of rotatable bonds is 4. The number of nitrogens with zero attached hydrogens (tertiary/aromatic N) is 1. The van der Waals surface area contributed by atoms with E-state index in [0.29, 0.717) is 10.9 Å². The fourth-order valence-electron chi connectivity index (χ4n) is 2.35. The second-order valence-electron chi connectivity index (χ2n) is 5.62. The molecular formula is C19H17NO2S2. The van der Waals surface area contributed by atoms with Gasteiger partial charge in [0.2, 0.25) is 5.88 Å². The molecule has 1 heterocycles. The van der Waals surface area contributed by atoms with E-state index in [4.69, 9.17) is 0 Å². The van der Waals surface area contributed by atoms with Gasteiger partial charge in [-0.15, -0.1) is 0 Å². The van der Waals surface area contributed by atoms with Gasteiger partial charge in [0.05, 0.1) is 0 Å². The van der Waals surface area contributed by atoms with Crippen molar-refractivity contribution in [2.75, 3.05) is 0 Å². The van der Waals surface area contributed by atoms with Crippen LogP contribution in [0.3, 0.4) is 0 Å². The second kappa shape index (κ2) is 7.20. The summed E-state index contributed by atoms with van der Waals surface area (Å²) in [5.74, 6) is 0.132. The lowest BCUT2D eigenvalue weighted by atomic mass is 10.0. The third-order valence-electron chi connectivity index (χ3n) is 3.56. The summed E-state index contributed by atoms with van der Waals surface area (Å²) in [7, 11) is 0. The molecule has 1 aromatic heterocycles. The van der Waals surface area contributed by atoms with Gasteiger partial charge in [-0.2, -0.15) is 0 Å². The highest BCUT2D eigenvalue weighted by atomic mass is 32.2. The molecule has 0 radical (unpaired) electrons. The Morgan fingerprint density at radius 1 is 1.04 bits per heavy atom. The zero-order valence-electron chi connectivity index (χ0n) is 13.4. The Morgan fingerprint density at radius 2 is 1.71 bits per heavy atom. The molecule has 0 bridgehead atoms. The van der Waals surface area contributed by atoms with E-state index in [9.17, 15) is 9.90 Å². The summed E-state index contributed by atoms with van der Waals surface area (Å²) in [6.07, 6.45) is 0. The standard InChI is InChI=1S/C19H17NO2S2/c1-12(2)14-10-6-7-11-15(14)23-16-17(21)20-18(24-19(16)22)13-8-4-3-5-9-13/h3-12,21H,1-2H3. The summed E-state index contributed by atoms with van der Waals surface area (Å²) >= 11 is 2.34. The second-order valence-corrected chi connectivity index (χ2v) is 7.63. The molecule has 0 aliphatic rings. The zero-order valence-corrected chi connectivity index (χ0v) is 15.0. The molecule has 0 unspecified atom stereocenters. The molecule has 0 saturated heterocycles. The van der Waals surface area contributed by atoms with Crippen molar-refractivity contribution < 1.29 is 5.11 Å². The van der Waals surface area contributed by atoms with Gasteiger partial charge in [-0.25, -0.2) is 4.98 Å². The van der Waals surface area contributed by atoms with Crippen LogP contribution in [0.25, 0.3) is 10.6 Å². The summed E-state index contributed by atoms with van der Waals surface area (Å²) in [4.78, 5) is 18.0. The van der Waals surface area contributed by atoms with Crippen LogP contribution in [-0.2, 0) is 0 Å². The molecular weight excluding hydrogens is 338 g/mol. The quantitative estimate of drug-likeness (QED) is 0.703. The molecule has 0 saturated carbocycles. The van der Waals surface area contributed by atoms with Crippen molar-refractivity contribution in [3.63, 3.8) is 0 Å². The van der Waals surface area contributed by atoms with Crippen molar-refractivity contribution in [1.82, 2.24) is 4.98 Å². The SMILES string of the molecule is CC(C)c1ccccc1Sc1c(O)nc(-c2ccccc2)sc1=O. The molecule has 0 amide bonds. The van der Waals surface area contributed by atoms with E-state index >= 15 is 0 Å². The van der Waals surface area contributed by atoms with Crippen LogP contribution in [0.1, 0.15) is 25.3 Å². The van der Waals surface area contributed by atoms with Crippen LogP contribution in [0.15, 0.2) is 69.2 Å². The maximum Gasteiger partial charge on any atom is 0.253 e. The third kappa shape index (κ3) is 3.52. The molecule has 0 fully saturated rings. The molecule has 24 heavy (non-hydrogen) atoms. The number of hydrogen-bond donors (Lipinski definition) is 1. The Hall–Kier alpha value is -2.11. The van der Waals surface area contributed by atoms with Crippen LogP contribution >= 0.6 is 23.1 Å². The van der Waals surface area contributed by atoms with Gasteiger partial charge < -0.3 is 5.11 Å². The monoisotopic (exact) mass is 355 g/mol. The Balaban J connectivity index is 2.01. The minimum Gasteiger partial charge on any atom is -0.492 e. The van der Waals surface area contributed by atoms with Crippen LogP contribution < -0.4 is 4.74 Å². The Bertz CT molecular complexity index is 905. The first-order valence-electron chi connectivity index (χ1n) is 7.62. The van der Waals surface area contributed by atoms with Crippen molar-refractivity contribution in [3.05, 3.63) is 69.7 Å². The first-order chi connectivity index (χ1) is 11.6. The summed E-state index contributed by atoms with van der Waals surface area (Å²) in [6.45, 7) is 4.22. The van der Waals surface area contributed by atoms with Gasteiger partial charge in [0.1, 0.15) is 9.90 Å².